The summed E-state index contributed by atoms with van der Waals surface area (Å²) >= 11 is 7.31. The first-order valence-corrected chi connectivity index (χ1v) is 9.37. The van der Waals surface area contributed by atoms with Crippen LogP contribution in [0.15, 0.2) is 66.1 Å². The van der Waals surface area contributed by atoms with E-state index < -0.39 is 0 Å². The molecule has 27 heavy (non-hydrogen) atoms. The van der Waals surface area contributed by atoms with Crippen LogP contribution < -0.4 is 5.32 Å². The first-order chi connectivity index (χ1) is 13.2. The number of hydrogen-bond acceptors (Lipinski definition) is 6. The number of rotatable bonds is 5. The van der Waals surface area contributed by atoms with Gasteiger partial charge in [0.15, 0.2) is 0 Å². The molecule has 0 aliphatic rings. The summed E-state index contributed by atoms with van der Waals surface area (Å²) in [6.07, 6.45) is 3.51. The number of thioether (sulfide) groups is 1. The van der Waals surface area contributed by atoms with E-state index in [1.54, 1.807) is 35.3 Å². The molecular weight excluding hydrogens is 384 g/mol. The van der Waals surface area contributed by atoms with Crippen LogP contribution >= 0.6 is 23.4 Å². The molecule has 1 N–H and O–H groups in total. The Balaban J connectivity index is 1.53. The number of halogens is 1. The number of hydrogen-bond donors (Lipinski definition) is 1. The lowest BCUT2D eigenvalue weighted by Crippen LogP contribution is -2.15. The largest absolute Gasteiger partial charge is 0.324 e. The maximum atomic E-state index is 12.2. The van der Waals surface area contributed by atoms with Crippen LogP contribution in [0.1, 0.15) is 0 Å². The Hall–Kier alpha value is -2.97. The molecule has 2 aromatic heterocycles. The Kier molecular flexibility index (Phi) is 4.99. The molecule has 0 aliphatic carbocycles. The van der Waals surface area contributed by atoms with Gasteiger partial charge in [-0.05, 0) is 34.7 Å². The van der Waals surface area contributed by atoms with Crippen molar-refractivity contribution in [3.05, 3.63) is 65.9 Å². The van der Waals surface area contributed by atoms with Crippen molar-refractivity contribution in [1.82, 2.24) is 25.2 Å². The standard InChI is InChI=1S/C18H13ClN6OS/c19-14-5-1-2-6-15(14)21-17(26)11-27-18-22-23-24-25(18)16-7-3-4-12-10-20-9-8-13(12)16/h1-10H,11H2,(H,21,26). The number of carbonyl (C=O) groups excluding carboxylic acids is 1. The summed E-state index contributed by atoms with van der Waals surface area (Å²) in [6, 6.07) is 14.8. The number of nitrogens with one attached hydrogen (secondary N) is 1. The third-order valence-corrected chi connectivity index (χ3v) is 5.06. The van der Waals surface area contributed by atoms with Gasteiger partial charge in [-0.3, -0.25) is 9.78 Å². The smallest absolute Gasteiger partial charge is 0.234 e. The fraction of sp³-hybridized carbons (Fsp3) is 0.0556. The summed E-state index contributed by atoms with van der Waals surface area (Å²) in [5, 5.41) is 17.6. The summed E-state index contributed by atoms with van der Waals surface area (Å²) < 4.78 is 1.62. The van der Waals surface area contributed by atoms with Crippen molar-refractivity contribution in [2.75, 3.05) is 11.1 Å². The Labute approximate surface area is 163 Å². The SMILES string of the molecule is O=C(CSc1nnnn1-c1cccc2cnccc12)Nc1ccccc1Cl. The maximum Gasteiger partial charge on any atom is 0.234 e. The van der Waals surface area contributed by atoms with Gasteiger partial charge in [-0.15, -0.1) is 5.10 Å². The molecule has 2 heterocycles. The number of aromatic nitrogens is 5. The van der Waals surface area contributed by atoms with Gasteiger partial charge >= 0.3 is 0 Å². The molecule has 0 spiro atoms. The molecule has 0 atom stereocenters. The summed E-state index contributed by atoms with van der Waals surface area (Å²) in [7, 11) is 0. The second-order valence-electron chi connectivity index (χ2n) is 5.56. The highest BCUT2D eigenvalue weighted by Gasteiger charge is 2.14. The number of nitrogens with zero attached hydrogens (tertiary/aromatic N) is 5. The minimum Gasteiger partial charge on any atom is -0.324 e. The molecular formula is C18H13ClN6OS. The van der Waals surface area contributed by atoms with Crippen LogP contribution in [0.25, 0.3) is 16.5 Å². The van der Waals surface area contributed by atoms with E-state index in [1.807, 2.05) is 30.3 Å². The number of tetrazole rings is 1. The molecule has 4 aromatic rings. The molecule has 0 bridgehead atoms. The van der Waals surface area contributed by atoms with Crippen molar-refractivity contribution < 1.29 is 4.79 Å². The zero-order chi connectivity index (χ0) is 18.6. The van der Waals surface area contributed by atoms with E-state index in [9.17, 15) is 4.79 Å². The average Bonchev–Trinajstić information content (AvgIpc) is 3.16. The number of carbonyl (C=O) groups is 1. The van der Waals surface area contributed by atoms with Crippen molar-refractivity contribution in [1.29, 1.82) is 0 Å². The number of pyridine rings is 1. The minimum absolute atomic E-state index is 0.151. The number of para-hydroxylation sites is 1. The van der Waals surface area contributed by atoms with Crippen LogP contribution in [-0.2, 0) is 4.79 Å². The molecule has 4 rings (SSSR count). The fourth-order valence-electron chi connectivity index (χ4n) is 2.59. The molecule has 7 nitrogen and oxygen atoms in total. The van der Waals surface area contributed by atoms with Gasteiger partial charge < -0.3 is 5.32 Å². The van der Waals surface area contributed by atoms with Crippen molar-refractivity contribution in [2.45, 2.75) is 5.16 Å². The van der Waals surface area contributed by atoms with Crippen LogP contribution in [0, 0.1) is 0 Å². The molecule has 0 aliphatic heterocycles. The lowest BCUT2D eigenvalue weighted by atomic mass is 10.1. The Morgan fingerprint density at radius 2 is 2.04 bits per heavy atom. The number of amides is 1. The Bertz CT molecular complexity index is 1110. The van der Waals surface area contributed by atoms with Crippen molar-refractivity contribution in [3.8, 4) is 5.69 Å². The second kappa shape index (κ2) is 7.73. The fourth-order valence-corrected chi connectivity index (χ4v) is 3.46. The number of benzene rings is 2. The van der Waals surface area contributed by atoms with Gasteiger partial charge in [0.05, 0.1) is 22.2 Å². The van der Waals surface area contributed by atoms with Gasteiger partial charge in [0, 0.05) is 23.2 Å². The number of anilines is 1. The van der Waals surface area contributed by atoms with Gasteiger partial charge in [-0.1, -0.05) is 47.6 Å². The summed E-state index contributed by atoms with van der Waals surface area (Å²) in [5.74, 6) is -0.0393. The van der Waals surface area contributed by atoms with Gasteiger partial charge in [0.25, 0.3) is 0 Å². The predicted molar refractivity (Wildman–Crippen MR) is 105 cm³/mol. The normalized spacial score (nSPS) is 10.9. The predicted octanol–water partition coefficient (Wildman–Crippen LogP) is 3.59. The first-order valence-electron chi connectivity index (χ1n) is 8.01. The molecule has 0 saturated heterocycles. The van der Waals surface area contributed by atoms with Crippen molar-refractivity contribution in [2.24, 2.45) is 0 Å². The number of fused-ring (bicyclic) bond motifs is 1. The first kappa shape index (κ1) is 17.4. The summed E-state index contributed by atoms with van der Waals surface area (Å²) in [6.45, 7) is 0. The van der Waals surface area contributed by atoms with E-state index in [4.69, 9.17) is 11.6 Å². The highest BCUT2D eigenvalue weighted by Crippen LogP contribution is 2.25. The van der Waals surface area contributed by atoms with Crippen LogP contribution in [0.4, 0.5) is 5.69 Å². The maximum absolute atomic E-state index is 12.2. The van der Waals surface area contributed by atoms with Crippen LogP contribution in [0.2, 0.25) is 5.02 Å². The van der Waals surface area contributed by atoms with Gasteiger partial charge in [-0.2, -0.15) is 4.68 Å². The zero-order valence-corrected chi connectivity index (χ0v) is 15.5. The second-order valence-corrected chi connectivity index (χ2v) is 6.91. The van der Waals surface area contributed by atoms with E-state index >= 15 is 0 Å². The van der Waals surface area contributed by atoms with E-state index in [0.29, 0.717) is 15.9 Å². The third-order valence-electron chi connectivity index (χ3n) is 3.81. The van der Waals surface area contributed by atoms with Crippen LogP contribution in [0.3, 0.4) is 0 Å². The molecule has 9 heteroatoms. The lowest BCUT2D eigenvalue weighted by Gasteiger charge is -2.08. The van der Waals surface area contributed by atoms with Gasteiger partial charge in [0.2, 0.25) is 11.1 Å². The Morgan fingerprint density at radius 3 is 2.93 bits per heavy atom. The minimum atomic E-state index is -0.190. The molecule has 0 fully saturated rings. The van der Waals surface area contributed by atoms with Crippen LogP contribution in [-0.4, -0.2) is 36.9 Å². The quantitative estimate of drug-likeness (QED) is 0.519. The zero-order valence-electron chi connectivity index (χ0n) is 13.9. The molecule has 2 aromatic carbocycles. The van der Waals surface area contributed by atoms with Crippen molar-refractivity contribution >= 4 is 45.7 Å². The topological polar surface area (TPSA) is 85.6 Å². The average molecular weight is 397 g/mol. The Morgan fingerprint density at radius 1 is 1.15 bits per heavy atom. The molecule has 134 valence electrons. The third kappa shape index (κ3) is 3.76. The van der Waals surface area contributed by atoms with E-state index in [-0.39, 0.29) is 11.7 Å². The highest BCUT2D eigenvalue weighted by molar-refractivity contribution is 7.99. The summed E-state index contributed by atoms with van der Waals surface area (Å²) in [4.78, 5) is 16.4. The molecule has 0 unspecified atom stereocenters. The molecule has 1 amide bonds. The lowest BCUT2D eigenvalue weighted by molar-refractivity contribution is -0.113. The highest BCUT2D eigenvalue weighted by atomic mass is 35.5. The van der Waals surface area contributed by atoms with Crippen molar-refractivity contribution in [3.63, 3.8) is 0 Å². The van der Waals surface area contributed by atoms with Gasteiger partial charge in [0.1, 0.15) is 0 Å². The summed E-state index contributed by atoms with van der Waals surface area (Å²) in [5.41, 5.74) is 1.40. The van der Waals surface area contributed by atoms with E-state index in [2.05, 4.69) is 25.8 Å². The monoisotopic (exact) mass is 396 g/mol. The van der Waals surface area contributed by atoms with Gasteiger partial charge in [-0.25, -0.2) is 0 Å². The van der Waals surface area contributed by atoms with E-state index in [1.165, 1.54) is 11.8 Å². The van der Waals surface area contributed by atoms with Crippen LogP contribution in [0.5, 0.6) is 0 Å². The van der Waals surface area contributed by atoms with E-state index in [0.717, 1.165) is 16.5 Å². The molecule has 0 saturated carbocycles. The molecule has 0 radical (unpaired) electrons.